The van der Waals surface area contributed by atoms with Crippen molar-refractivity contribution in [2.75, 3.05) is 13.1 Å². The molecule has 102 valence electrons. The second-order valence-corrected chi connectivity index (χ2v) is 4.93. The highest BCUT2D eigenvalue weighted by molar-refractivity contribution is 5.99. The molecule has 1 aliphatic heterocycles. The quantitative estimate of drug-likeness (QED) is 0.738. The Balaban J connectivity index is 0.00000133. The highest BCUT2D eigenvalue weighted by Crippen LogP contribution is 2.41. The van der Waals surface area contributed by atoms with E-state index in [1.165, 1.54) is 6.07 Å². The number of rotatable bonds is 3. The number of primary amides is 1. The minimum atomic E-state index is -0.517. The molecule has 5 nitrogen and oxygen atoms in total. The number of hydrogen-bond donors (Lipinski definition) is 3. The maximum absolute atomic E-state index is 12.0. The van der Waals surface area contributed by atoms with Crippen molar-refractivity contribution in [3.8, 4) is 0 Å². The predicted octanol–water partition coefficient (Wildman–Crippen LogP) is 0.155. The van der Waals surface area contributed by atoms with E-state index >= 15 is 0 Å². The lowest BCUT2D eigenvalue weighted by Gasteiger charge is -2.08. The first kappa shape index (κ1) is 13.8. The number of benzene rings is 1. The molecule has 2 fully saturated rings. The normalized spacial score (nSPS) is 27.1. The standard InChI is InChI=1S/C13H15N3O2.ClH/c14-12(17)7-2-1-3-8(4-7)13(18)16-11-9-5-15-6-10(9)11;/h1-4,9-11,15H,5-6H2,(H2,14,17)(H,16,18);1H. The van der Waals surface area contributed by atoms with E-state index in [0.29, 0.717) is 23.0 Å². The number of amides is 2. The second kappa shape index (κ2) is 5.19. The van der Waals surface area contributed by atoms with Gasteiger partial charge in [-0.3, -0.25) is 9.59 Å². The second-order valence-electron chi connectivity index (χ2n) is 4.93. The SMILES string of the molecule is Cl.NC(=O)c1cccc(C(=O)NC2C3CNCC32)c1. The van der Waals surface area contributed by atoms with Crippen LogP contribution < -0.4 is 16.4 Å². The van der Waals surface area contributed by atoms with E-state index in [2.05, 4.69) is 10.6 Å². The van der Waals surface area contributed by atoms with E-state index in [9.17, 15) is 9.59 Å². The summed E-state index contributed by atoms with van der Waals surface area (Å²) in [6, 6.07) is 6.79. The fourth-order valence-corrected chi connectivity index (χ4v) is 2.68. The van der Waals surface area contributed by atoms with Crippen molar-refractivity contribution in [1.29, 1.82) is 0 Å². The lowest BCUT2D eigenvalue weighted by molar-refractivity contribution is 0.0946. The molecule has 2 unspecified atom stereocenters. The third-order valence-corrected chi connectivity index (χ3v) is 3.80. The maximum Gasteiger partial charge on any atom is 0.251 e. The number of halogens is 1. The van der Waals surface area contributed by atoms with Crippen molar-refractivity contribution >= 4 is 24.2 Å². The molecule has 1 saturated carbocycles. The lowest BCUT2D eigenvalue weighted by atomic mass is 10.1. The predicted molar refractivity (Wildman–Crippen MR) is 73.3 cm³/mol. The number of hydrogen-bond acceptors (Lipinski definition) is 3. The number of nitrogens with one attached hydrogen (secondary N) is 2. The molecule has 1 heterocycles. The molecule has 3 rings (SSSR count). The molecule has 6 heteroatoms. The molecule has 1 aromatic carbocycles. The smallest absolute Gasteiger partial charge is 0.251 e. The first-order valence-electron chi connectivity index (χ1n) is 6.08. The Hall–Kier alpha value is -1.59. The van der Waals surface area contributed by atoms with Gasteiger partial charge >= 0.3 is 0 Å². The van der Waals surface area contributed by atoms with Crippen molar-refractivity contribution in [3.63, 3.8) is 0 Å². The first-order valence-corrected chi connectivity index (χ1v) is 6.08. The van der Waals surface area contributed by atoms with E-state index in [1.807, 2.05) is 0 Å². The van der Waals surface area contributed by atoms with E-state index in [-0.39, 0.29) is 24.4 Å². The Labute approximate surface area is 117 Å². The molecule has 0 spiro atoms. The lowest BCUT2D eigenvalue weighted by Crippen LogP contribution is -2.32. The van der Waals surface area contributed by atoms with Crippen molar-refractivity contribution in [3.05, 3.63) is 35.4 Å². The average molecular weight is 282 g/mol. The number of nitrogens with two attached hydrogens (primary N) is 1. The van der Waals surface area contributed by atoms with Crippen LogP contribution in [0.25, 0.3) is 0 Å². The van der Waals surface area contributed by atoms with E-state index in [0.717, 1.165) is 13.1 Å². The van der Waals surface area contributed by atoms with Gasteiger partial charge in [0.25, 0.3) is 5.91 Å². The van der Waals surface area contributed by atoms with Crippen LogP contribution in [0.2, 0.25) is 0 Å². The molecule has 2 aliphatic rings. The first-order chi connectivity index (χ1) is 8.66. The zero-order valence-corrected chi connectivity index (χ0v) is 11.1. The summed E-state index contributed by atoms with van der Waals surface area (Å²) in [7, 11) is 0. The summed E-state index contributed by atoms with van der Waals surface area (Å²) < 4.78 is 0. The van der Waals surface area contributed by atoms with Gasteiger partial charge in [-0.25, -0.2) is 0 Å². The summed E-state index contributed by atoms with van der Waals surface area (Å²) in [5.74, 6) is 0.510. The zero-order valence-electron chi connectivity index (χ0n) is 10.3. The van der Waals surface area contributed by atoms with Crippen LogP contribution in [0.1, 0.15) is 20.7 Å². The van der Waals surface area contributed by atoms with Gasteiger partial charge in [0, 0.05) is 30.3 Å². The van der Waals surface area contributed by atoms with Gasteiger partial charge in [-0.15, -0.1) is 12.4 Å². The summed E-state index contributed by atoms with van der Waals surface area (Å²) >= 11 is 0. The van der Waals surface area contributed by atoms with Crippen molar-refractivity contribution < 1.29 is 9.59 Å². The number of carbonyl (C=O) groups is 2. The Kier molecular flexibility index (Phi) is 3.78. The molecular weight excluding hydrogens is 266 g/mol. The van der Waals surface area contributed by atoms with Gasteiger partial charge in [0.15, 0.2) is 0 Å². The van der Waals surface area contributed by atoms with E-state index in [1.54, 1.807) is 18.2 Å². The van der Waals surface area contributed by atoms with Crippen LogP contribution in [-0.4, -0.2) is 30.9 Å². The van der Waals surface area contributed by atoms with E-state index < -0.39 is 5.91 Å². The summed E-state index contributed by atoms with van der Waals surface area (Å²) in [6.45, 7) is 1.97. The van der Waals surface area contributed by atoms with Crippen LogP contribution in [0, 0.1) is 11.8 Å². The Bertz CT molecular complexity index is 510. The summed E-state index contributed by atoms with van der Waals surface area (Å²) in [6.07, 6.45) is 0. The average Bonchev–Trinajstić information content (AvgIpc) is 2.81. The van der Waals surface area contributed by atoms with Crippen LogP contribution in [0.4, 0.5) is 0 Å². The van der Waals surface area contributed by atoms with Gasteiger partial charge in [-0.2, -0.15) is 0 Å². The molecule has 2 atom stereocenters. The number of carbonyl (C=O) groups excluding carboxylic acids is 2. The topological polar surface area (TPSA) is 84.2 Å². The van der Waals surface area contributed by atoms with Crippen molar-refractivity contribution in [2.24, 2.45) is 17.6 Å². The van der Waals surface area contributed by atoms with Crippen LogP contribution in [0.5, 0.6) is 0 Å². The molecular formula is C13H16ClN3O2. The molecule has 0 aromatic heterocycles. The molecule has 0 radical (unpaired) electrons. The highest BCUT2D eigenvalue weighted by atomic mass is 35.5. The number of fused-ring (bicyclic) bond motifs is 1. The molecule has 2 amide bonds. The van der Waals surface area contributed by atoms with Gasteiger partial charge in [0.2, 0.25) is 5.91 Å². The summed E-state index contributed by atoms with van der Waals surface area (Å²) in [4.78, 5) is 23.1. The summed E-state index contributed by atoms with van der Waals surface area (Å²) in [5.41, 5.74) is 6.04. The molecule has 19 heavy (non-hydrogen) atoms. The minimum Gasteiger partial charge on any atom is -0.366 e. The third-order valence-electron chi connectivity index (χ3n) is 3.80. The summed E-state index contributed by atoms with van der Waals surface area (Å²) in [5, 5.41) is 6.28. The zero-order chi connectivity index (χ0) is 12.7. The van der Waals surface area contributed by atoms with Gasteiger partial charge in [-0.1, -0.05) is 6.07 Å². The third kappa shape index (κ3) is 2.57. The van der Waals surface area contributed by atoms with Gasteiger partial charge < -0.3 is 16.4 Å². The van der Waals surface area contributed by atoms with E-state index in [4.69, 9.17) is 5.73 Å². The van der Waals surface area contributed by atoms with Gasteiger partial charge in [0.1, 0.15) is 0 Å². The molecule has 1 saturated heterocycles. The molecule has 1 aromatic rings. The van der Waals surface area contributed by atoms with Crippen LogP contribution in [0.15, 0.2) is 24.3 Å². The molecule has 0 bridgehead atoms. The highest BCUT2D eigenvalue weighted by Gasteiger charge is 2.53. The van der Waals surface area contributed by atoms with Gasteiger partial charge in [-0.05, 0) is 30.0 Å². The molecule has 1 aliphatic carbocycles. The minimum absolute atomic E-state index is 0. The Morgan fingerprint density at radius 3 is 2.47 bits per heavy atom. The molecule has 4 N–H and O–H groups in total. The van der Waals surface area contributed by atoms with Gasteiger partial charge in [0.05, 0.1) is 0 Å². The van der Waals surface area contributed by atoms with Crippen LogP contribution >= 0.6 is 12.4 Å². The Morgan fingerprint density at radius 2 is 1.84 bits per heavy atom. The fourth-order valence-electron chi connectivity index (χ4n) is 2.68. The Morgan fingerprint density at radius 1 is 1.21 bits per heavy atom. The monoisotopic (exact) mass is 281 g/mol. The van der Waals surface area contributed by atoms with Crippen molar-refractivity contribution in [1.82, 2.24) is 10.6 Å². The van der Waals surface area contributed by atoms with Crippen molar-refractivity contribution in [2.45, 2.75) is 6.04 Å². The van der Waals surface area contributed by atoms with Crippen LogP contribution in [-0.2, 0) is 0 Å². The fraction of sp³-hybridized carbons (Fsp3) is 0.385. The maximum atomic E-state index is 12.0. The largest absolute Gasteiger partial charge is 0.366 e. The number of piperidine rings is 1. The van der Waals surface area contributed by atoms with Crippen LogP contribution in [0.3, 0.4) is 0 Å².